The maximum atomic E-state index is 12.8. The number of fused-ring (bicyclic) bond motifs is 1. The number of amides is 2. The molecule has 0 bridgehead atoms. The van der Waals surface area contributed by atoms with E-state index in [0.717, 1.165) is 33.9 Å². The highest BCUT2D eigenvalue weighted by atomic mass is 16.7. The Morgan fingerprint density at radius 1 is 1.22 bits per heavy atom. The predicted octanol–water partition coefficient (Wildman–Crippen LogP) is 4.03. The van der Waals surface area contributed by atoms with E-state index in [1.54, 1.807) is 12.0 Å². The first-order valence-corrected chi connectivity index (χ1v) is 9.10. The summed E-state index contributed by atoms with van der Waals surface area (Å²) in [5.74, 6) is 2.24. The van der Waals surface area contributed by atoms with Gasteiger partial charge in [-0.1, -0.05) is 23.8 Å². The first-order chi connectivity index (χ1) is 13.0. The van der Waals surface area contributed by atoms with Gasteiger partial charge in [0.2, 0.25) is 6.79 Å². The number of nitrogens with zero attached hydrogens (tertiary/aromatic N) is 1. The Bertz CT molecular complexity index is 822. The molecular formula is C21H26N2O4. The van der Waals surface area contributed by atoms with Crippen LogP contribution in [0.2, 0.25) is 0 Å². The van der Waals surface area contributed by atoms with Crippen molar-refractivity contribution < 1.29 is 19.0 Å². The van der Waals surface area contributed by atoms with E-state index in [1.807, 2.05) is 57.2 Å². The van der Waals surface area contributed by atoms with Crippen LogP contribution in [0.4, 0.5) is 4.79 Å². The van der Waals surface area contributed by atoms with E-state index in [0.29, 0.717) is 13.1 Å². The average molecular weight is 370 g/mol. The first kappa shape index (κ1) is 18.9. The third kappa shape index (κ3) is 4.27. The van der Waals surface area contributed by atoms with Gasteiger partial charge in [-0.05, 0) is 44.5 Å². The molecule has 6 nitrogen and oxygen atoms in total. The van der Waals surface area contributed by atoms with E-state index in [-0.39, 0.29) is 18.9 Å². The van der Waals surface area contributed by atoms with Gasteiger partial charge in [0.15, 0.2) is 11.5 Å². The van der Waals surface area contributed by atoms with Crippen LogP contribution in [0.25, 0.3) is 0 Å². The van der Waals surface area contributed by atoms with Crippen molar-refractivity contribution >= 4 is 6.03 Å². The second-order valence-corrected chi connectivity index (χ2v) is 6.62. The fraction of sp³-hybridized carbons (Fsp3) is 0.381. The molecule has 1 atom stereocenters. The lowest BCUT2D eigenvalue weighted by molar-refractivity contribution is 0.173. The summed E-state index contributed by atoms with van der Waals surface area (Å²) in [6, 6.07) is 11.4. The standard InChI is InChI=1S/C21H26N2O4/c1-5-23(12-16-7-9-19-20(11-16)27-13-26-19)21(24)22-15(3)17-10-14(2)6-8-18(17)25-4/h6-11,15H,5,12-13H2,1-4H3,(H,22,24). The maximum Gasteiger partial charge on any atom is 0.318 e. The zero-order valence-corrected chi connectivity index (χ0v) is 16.2. The van der Waals surface area contributed by atoms with E-state index in [2.05, 4.69) is 5.32 Å². The van der Waals surface area contributed by atoms with E-state index < -0.39 is 0 Å². The normalized spacial score (nSPS) is 13.2. The van der Waals surface area contributed by atoms with Gasteiger partial charge in [0.05, 0.1) is 13.2 Å². The quantitative estimate of drug-likeness (QED) is 0.834. The molecule has 0 aliphatic carbocycles. The summed E-state index contributed by atoms with van der Waals surface area (Å²) < 4.78 is 16.2. The highest BCUT2D eigenvalue weighted by molar-refractivity contribution is 5.75. The molecule has 1 N–H and O–H groups in total. The number of nitrogens with one attached hydrogen (secondary N) is 1. The molecule has 1 unspecified atom stereocenters. The summed E-state index contributed by atoms with van der Waals surface area (Å²) in [5.41, 5.74) is 3.08. The van der Waals surface area contributed by atoms with Crippen molar-refractivity contribution in [1.29, 1.82) is 0 Å². The minimum absolute atomic E-state index is 0.119. The van der Waals surface area contributed by atoms with Crippen LogP contribution in [-0.2, 0) is 6.54 Å². The molecule has 144 valence electrons. The second kappa shape index (κ2) is 8.20. The van der Waals surface area contributed by atoms with Gasteiger partial charge in [-0.3, -0.25) is 0 Å². The van der Waals surface area contributed by atoms with Crippen LogP contribution in [0, 0.1) is 6.92 Å². The Kier molecular flexibility index (Phi) is 5.74. The Labute approximate surface area is 160 Å². The number of methoxy groups -OCH3 is 1. The van der Waals surface area contributed by atoms with Crippen molar-refractivity contribution in [2.24, 2.45) is 0 Å². The first-order valence-electron chi connectivity index (χ1n) is 9.10. The molecule has 1 aliphatic rings. The van der Waals surface area contributed by atoms with Gasteiger partial charge in [-0.15, -0.1) is 0 Å². The molecule has 0 saturated carbocycles. The Hall–Kier alpha value is -2.89. The van der Waals surface area contributed by atoms with Crippen molar-refractivity contribution in [2.45, 2.75) is 33.4 Å². The molecule has 0 aromatic heterocycles. The third-order valence-electron chi connectivity index (χ3n) is 4.67. The van der Waals surface area contributed by atoms with Crippen molar-refractivity contribution in [3.05, 3.63) is 53.1 Å². The highest BCUT2D eigenvalue weighted by Crippen LogP contribution is 2.33. The lowest BCUT2D eigenvalue weighted by Crippen LogP contribution is -2.40. The average Bonchev–Trinajstić information content (AvgIpc) is 3.13. The largest absolute Gasteiger partial charge is 0.496 e. The monoisotopic (exact) mass is 370 g/mol. The van der Waals surface area contributed by atoms with E-state index in [9.17, 15) is 4.79 Å². The summed E-state index contributed by atoms with van der Waals surface area (Å²) in [7, 11) is 1.64. The molecule has 0 radical (unpaired) electrons. The Morgan fingerprint density at radius 3 is 2.74 bits per heavy atom. The molecule has 2 aromatic rings. The predicted molar refractivity (Wildman–Crippen MR) is 103 cm³/mol. The van der Waals surface area contributed by atoms with Gasteiger partial charge in [-0.2, -0.15) is 0 Å². The summed E-state index contributed by atoms with van der Waals surface area (Å²) >= 11 is 0. The second-order valence-electron chi connectivity index (χ2n) is 6.62. The van der Waals surface area contributed by atoms with Crippen molar-refractivity contribution in [2.75, 3.05) is 20.4 Å². The van der Waals surface area contributed by atoms with Gasteiger partial charge in [-0.25, -0.2) is 4.79 Å². The number of hydrogen-bond acceptors (Lipinski definition) is 4. The number of carbonyl (C=O) groups is 1. The molecule has 2 amide bonds. The highest BCUT2D eigenvalue weighted by Gasteiger charge is 2.20. The molecular weight excluding hydrogens is 344 g/mol. The molecule has 1 aliphatic heterocycles. The maximum absolute atomic E-state index is 12.8. The lowest BCUT2D eigenvalue weighted by atomic mass is 10.0. The van der Waals surface area contributed by atoms with Crippen molar-refractivity contribution in [3.8, 4) is 17.2 Å². The number of urea groups is 1. The van der Waals surface area contributed by atoms with Crippen LogP contribution in [0.3, 0.4) is 0 Å². The van der Waals surface area contributed by atoms with Crippen molar-refractivity contribution in [1.82, 2.24) is 10.2 Å². The van der Waals surface area contributed by atoms with Gasteiger partial charge >= 0.3 is 6.03 Å². The van der Waals surface area contributed by atoms with Crippen LogP contribution >= 0.6 is 0 Å². The van der Waals surface area contributed by atoms with Crippen LogP contribution in [0.1, 0.15) is 36.6 Å². The fourth-order valence-electron chi connectivity index (χ4n) is 3.13. The number of carbonyl (C=O) groups excluding carboxylic acids is 1. The Morgan fingerprint density at radius 2 is 2.00 bits per heavy atom. The number of ether oxygens (including phenoxy) is 3. The van der Waals surface area contributed by atoms with Crippen LogP contribution in [0.15, 0.2) is 36.4 Å². The SMILES string of the molecule is CCN(Cc1ccc2c(c1)OCO2)C(=O)NC(C)c1cc(C)ccc1OC. The smallest absolute Gasteiger partial charge is 0.318 e. The van der Waals surface area contributed by atoms with E-state index in [4.69, 9.17) is 14.2 Å². The molecule has 0 spiro atoms. The van der Waals surface area contributed by atoms with Gasteiger partial charge in [0.1, 0.15) is 5.75 Å². The molecule has 1 heterocycles. The number of hydrogen-bond donors (Lipinski definition) is 1. The van der Waals surface area contributed by atoms with Crippen LogP contribution in [-0.4, -0.2) is 31.4 Å². The third-order valence-corrected chi connectivity index (χ3v) is 4.67. The van der Waals surface area contributed by atoms with Gasteiger partial charge in [0, 0.05) is 18.7 Å². The molecule has 6 heteroatoms. The molecule has 0 fully saturated rings. The molecule has 0 saturated heterocycles. The minimum atomic E-state index is -0.168. The topological polar surface area (TPSA) is 60.0 Å². The summed E-state index contributed by atoms with van der Waals surface area (Å²) in [6.45, 7) is 7.28. The van der Waals surface area contributed by atoms with E-state index >= 15 is 0 Å². The summed E-state index contributed by atoms with van der Waals surface area (Å²) in [6.07, 6.45) is 0. The number of rotatable bonds is 6. The minimum Gasteiger partial charge on any atom is -0.496 e. The fourth-order valence-corrected chi connectivity index (χ4v) is 3.13. The van der Waals surface area contributed by atoms with Gasteiger partial charge in [0.25, 0.3) is 0 Å². The molecule has 2 aromatic carbocycles. The zero-order valence-electron chi connectivity index (χ0n) is 16.2. The van der Waals surface area contributed by atoms with Gasteiger partial charge < -0.3 is 24.4 Å². The summed E-state index contributed by atoms with van der Waals surface area (Å²) in [4.78, 5) is 14.6. The summed E-state index contributed by atoms with van der Waals surface area (Å²) in [5, 5.41) is 3.07. The zero-order chi connectivity index (χ0) is 19.4. The number of aryl methyl sites for hydroxylation is 1. The van der Waals surface area contributed by atoms with Crippen molar-refractivity contribution in [3.63, 3.8) is 0 Å². The molecule has 27 heavy (non-hydrogen) atoms. The Balaban J connectivity index is 1.69. The molecule has 3 rings (SSSR count). The van der Waals surface area contributed by atoms with E-state index in [1.165, 1.54) is 0 Å². The van der Waals surface area contributed by atoms with Crippen LogP contribution < -0.4 is 19.5 Å². The lowest BCUT2D eigenvalue weighted by Gasteiger charge is -2.25. The van der Waals surface area contributed by atoms with Crippen LogP contribution in [0.5, 0.6) is 17.2 Å². The number of benzene rings is 2.